The zero-order chi connectivity index (χ0) is 15.0. The van der Waals surface area contributed by atoms with Gasteiger partial charge in [-0.3, -0.25) is 0 Å². The Morgan fingerprint density at radius 1 is 0.700 bits per heavy atom. The number of alkyl halides is 2. The quantitative estimate of drug-likeness (QED) is 0.584. The third-order valence-electron chi connectivity index (χ3n) is 3.38. The van der Waals surface area contributed by atoms with E-state index in [0.717, 1.165) is 16.7 Å². The molecule has 0 aliphatic heterocycles. The molecule has 0 atom stereocenters. The van der Waals surface area contributed by atoms with E-state index in [1.807, 2.05) is 52.0 Å². The Morgan fingerprint density at radius 2 is 1.30 bits per heavy atom. The summed E-state index contributed by atoms with van der Waals surface area (Å²) in [7, 11) is 0. The van der Waals surface area contributed by atoms with Crippen molar-refractivity contribution in [3.8, 4) is 11.1 Å². The Hall–Kier alpha value is -0.980. The van der Waals surface area contributed by atoms with Gasteiger partial charge in [0, 0.05) is 0 Å². The fourth-order valence-corrected chi connectivity index (χ4v) is 2.91. The molecule has 106 valence electrons. The number of hydrogen-bond donors (Lipinski definition) is 0. The average molecular weight is 307 g/mol. The van der Waals surface area contributed by atoms with Crippen molar-refractivity contribution in [3.05, 3.63) is 59.7 Å². The number of rotatable bonds is 3. The van der Waals surface area contributed by atoms with Crippen LogP contribution in [0.15, 0.2) is 48.5 Å². The Kier molecular flexibility index (Phi) is 4.18. The second kappa shape index (κ2) is 5.42. The van der Waals surface area contributed by atoms with Crippen LogP contribution in [-0.2, 0) is 9.75 Å². The average Bonchev–Trinajstić information content (AvgIpc) is 2.37. The smallest absolute Gasteiger partial charge is 0.0648 e. The molecule has 0 spiro atoms. The molecule has 2 aromatic carbocycles. The highest BCUT2D eigenvalue weighted by atomic mass is 35.5. The van der Waals surface area contributed by atoms with E-state index in [9.17, 15) is 0 Å². The lowest BCUT2D eigenvalue weighted by Gasteiger charge is -2.29. The van der Waals surface area contributed by atoms with Gasteiger partial charge in [-0.15, -0.1) is 23.2 Å². The third kappa shape index (κ3) is 3.19. The van der Waals surface area contributed by atoms with Crippen LogP contribution in [0.25, 0.3) is 11.1 Å². The van der Waals surface area contributed by atoms with Gasteiger partial charge >= 0.3 is 0 Å². The zero-order valence-corrected chi connectivity index (χ0v) is 13.9. The van der Waals surface area contributed by atoms with Crippen molar-refractivity contribution in [2.75, 3.05) is 0 Å². The van der Waals surface area contributed by atoms with E-state index >= 15 is 0 Å². The van der Waals surface area contributed by atoms with Crippen molar-refractivity contribution >= 4 is 23.2 Å². The fraction of sp³-hybridized carbons (Fsp3) is 0.333. The molecule has 0 amide bonds. The summed E-state index contributed by atoms with van der Waals surface area (Å²) in [6.07, 6.45) is 0. The number of halogens is 2. The normalized spacial score (nSPS) is 12.5. The van der Waals surface area contributed by atoms with Gasteiger partial charge in [-0.1, -0.05) is 48.5 Å². The molecular formula is C18H20Cl2. The van der Waals surface area contributed by atoms with Crippen LogP contribution in [0.4, 0.5) is 0 Å². The van der Waals surface area contributed by atoms with Crippen LogP contribution in [0.1, 0.15) is 38.8 Å². The molecule has 0 bridgehead atoms. The van der Waals surface area contributed by atoms with Crippen molar-refractivity contribution in [3.63, 3.8) is 0 Å². The van der Waals surface area contributed by atoms with Crippen LogP contribution in [0, 0.1) is 0 Å². The van der Waals surface area contributed by atoms with Gasteiger partial charge in [0.05, 0.1) is 9.75 Å². The molecule has 0 saturated heterocycles. The third-order valence-corrected chi connectivity index (χ3v) is 3.78. The van der Waals surface area contributed by atoms with Crippen molar-refractivity contribution < 1.29 is 0 Å². The minimum absolute atomic E-state index is 0.452. The summed E-state index contributed by atoms with van der Waals surface area (Å²) in [6.45, 7) is 8.04. The van der Waals surface area contributed by atoms with Gasteiger partial charge in [-0.2, -0.15) is 0 Å². The van der Waals surface area contributed by atoms with Crippen LogP contribution in [0.3, 0.4) is 0 Å². The molecule has 2 heteroatoms. The highest BCUT2D eigenvalue weighted by molar-refractivity contribution is 6.26. The fourth-order valence-electron chi connectivity index (χ4n) is 2.55. The summed E-state index contributed by atoms with van der Waals surface area (Å²) < 4.78 is 0. The van der Waals surface area contributed by atoms with Crippen LogP contribution in [-0.4, -0.2) is 0 Å². The van der Waals surface area contributed by atoms with Crippen molar-refractivity contribution in [1.82, 2.24) is 0 Å². The first kappa shape index (κ1) is 15.4. The molecule has 2 rings (SSSR count). The second-order valence-corrected chi connectivity index (χ2v) is 7.93. The molecule has 0 aliphatic rings. The van der Waals surface area contributed by atoms with E-state index in [1.165, 1.54) is 5.56 Å². The molecule has 2 aromatic rings. The van der Waals surface area contributed by atoms with Gasteiger partial charge in [-0.05, 0) is 49.9 Å². The zero-order valence-electron chi connectivity index (χ0n) is 12.4. The molecule has 0 fully saturated rings. The van der Waals surface area contributed by atoms with E-state index in [4.69, 9.17) is 23.2 Å². The van der Waals surface area contributed by atoms with Gasteiger partial charge in [0.1, 0.15) is 0 Å². The lowest BCUT2D eigenvalue weighted by Crippen LogP contribution is -2.19. The molecule has 0 radical (unpaired) electrons. The van der Waals surface area contributed by atoms with Crippen molar-refractivity contribution in [2.24, 2.45) is 0 Å². The van der Waals surface area contributed by atoms with Gasteiger partial charge in [0.2, 0.25) is 0 Å². The van der Waals surface area contributed by atoms with E-state index < -0.39 is 9.75 Å². The molecule has 0 nitrogen and oxygen atoms in total. The van der Waals surface area contributed by atoms with E-state index in [-0.39, 0.29) is 0 Å². The highest BCUT2D eigenvalue weighted by Gasteiger charge is 2.30. The second-order valence-electron chi connectivity index (χ2n) is 6.04. The maximum Gasteiger partial charge on any atom is 0.0648 e. The monoisotopic (exact) mass is 306 g/mol. The standard InChI is InChI=1S/C18H20Cl2/c1-17(2,19)15-12-8-11-14(16(15)18(3,4)20)13-9-6-5-7-10-13/h5-12H,1-4H3. The maximum atomic E-state index is 6.67. The van der Waals surface area contributed by atoms with E-state index in [2.05, 4.69) is 24.3 Å². The molecule has 20 heavy (non-hydrogen) atoms. The predicted molar refractivity (Wildman–Crippen MR) is 89.6 cm³/mol. The minimum Gasteiger partial charge on any atom is -0.115 e. The lowest BCUT2D eigenvalue weighted by molar-refractivity contribution is 0.695. The largest absolute Gasteiger partial charge is 0.115 e. The molecular weight excluding hydrogens is 287 g/mol. The Morgan fingerprint density at radius 3 is 1.80 bits per heavy atom. The summed E-state index contributed by atoms with van der Waals surface area (Å²) in [4.78, 5) is -0.930. The van der Waals surface area contributed by atoms with Crippen LogP contribution < -0.4 is 0 Å². The molecule has 0 heterocycles. The summed E-state index contributed by atoms with van der Waals surface area (Å²) in [5.74, 6) is 0. The van der Waals surface area contributed by atoms with Gasteiger partial charge < -0.3 is 0 Å². The Labute approximate surface area is 131 Å². The Bertz CT molecular complexity index is 587. The highest BCUT2D eigenvalue weighted by Crippen LogP contribution is 2.43. The first-order valence-corrected chi connectivity index (χ1v) is 7.54. The van der Waals surface area contributed by atoms with Crippen LogP contribution in [0.5, 0.6) is 0 Å². The van der Waals surface area contributed by atoms with Crippen LogP contribution >= 0.6 is 23.2 Å². The maximum absolute atomic E-state index is 6.67. The summed E-state index contributed by atoms with van der Waals surface area (Å²) in [6, 6.07) is 16.5. The van der Waals surface area contributed by atoms with Crippen molar-refractivity contribution in [1.29, 1.82) is 0 Å². The van der Waals surface area contributed by atoms with Gasteiger partial charge in [0.15, 0.2) is 0 Å². The van der Waals surface area contributed by atoms with Crippen LogP contribution in [0.2, 0.25) is 0 Å². The summed E-state index contributed by atoms with van der Waals surface area (Å²) >= 11 is 13.2. The van der Waals surface area contributed by atoms with E-state index in [1.54, 1.807) is 0 Å². The summed E-state index contributed by atoms with van der Waals surface area (Å²) in [5.41, 5.74) is 4.50. The molecule has 0 aliphatic carbocycles. The molecule has 0 saturated carbocycles. The first-order valence-electron chi connectivity index (χ1n) is 6.78. The minimum atomic E-state index is -0.478. The number of hydrogen-bond acceptors (Lipinski definition) is 0. The first-order chi connectivity index (χ1) is 9.21. The topological polar surface area (TPSA) is 0 Å². The molecule has 0 N–H and O–H groups in total. The molecule has 0 aromatic heterocycles. The van der Waals surface area contributed by atoms with E-state index in [0.29, 0.717) is 0 Å². The summed E-state index contributed by atoms with van der Waals surface area (Å²) in [5, 5.41) is 0. The predicted octanol–water partition coefficient (Wildman–Crippen LogP) is 6.30. The van der Waals surface area contributed by atoms with Gasteiger partial charge in [0.25, 0.3) is 0 Å². The van der Waals surface area contributed by atoms with Gasteiger partial charge in [-0.25, -0.2) is 0 Å². The lowest BCUT2D eigenvalue weighted by atomic mass is 9.84. The SMILES string of the molecule is CC(C)(Cl)c1cccc(-c2ccccc2)c1C(C)(C)Cl. The number of benzene rings is 2. The van der Waals surface area contributed by atoms with Crippen molar-refractivity contribution in [2.45, 2.75) is 37.4 Å². The Balaban J connectivity index is 2.77. The molecule has 0 unspecified atom stereocenters.